The van der Waals surface area contributed by atoms with Crippen molar-refractivity contribution in [2.75, 3.05) is 0 Å². The molecule has 2 rings (SSSR count). The fourth-order valence-corrected chi connectivity index (χ4v) is 1.80. The maximum absolute atomic E-state index is 10.4. The Labute approximate surface area is 90.7 Å². The lowest BCUT2D eigenvalue weighted by Crippen LogP contribution is -1.83. The van der Waals surface area contributed by atoms with E-state index >= 15 is 0 Å². The van der Waals surface area contributed by atoms with Gasteiger partial charge in [-0.15, -0.1) is 11.8 Å². The summed E-state index contributed by atoms with van der Waals surface area (Å²) in [7, 11) is 0. The zero-order valence-corrected chi connectivity index (χ0v) is 8.61. The maximum atomic E-state index is 10.4. The maximum Gasteiger partial charge on any atom is 0.213 e. The fourth-order valence-electron chi connectivity index (χ4n) is 1.05. The van der Waals surface area contributed by atoms with Crippen LogP contribution in [0.15, 0.2) is 40.1 Å². The molecule has 0 aliphatic heterocycles. The molecule has 0 unspecified atom stereocenters. The number of carbonyl (C=O) groups excluding carboxylic acids is 1. The summed E-state index contributed by atoms with van der Waals surface area (Å²) in [6.07, 6.45) is 2.14. The van der Waals surface area contributed by atoms with Crippen LogP contribution in [-0.2, 0) is 5.75 Å². The van der Waals surface area contributed by atoms with Crippen molar-refractivity contribution in [3.8, 4) is 0 Å². The van der Waals surface area contributed by atoms with Gasteiger partial charge in [-0.05, 0) is 12.1 Å². The van der Waals surface area contributed by atoms with E-state index in [4.69, 9.17) is 0 Å². The van der Waals surface area contributed by atoms with E-state index in [0.717, 1.165) is 11.2 Å². The molecule has 0 spiro atoms. The molecule has 4 nitrogen and oxygen atoms in total. The average molecular weight is 220 g/mol. The predicted molar refractivity (Wildman–Crippen MR) is 55.7 cm³/mol. The van der Waals surface area contributed by atoms with Gasteiger partial charge in [0.2, 0.25) is 6.39 Å². The number of benzene rings is 1. The first kappa shape index (κ1) is 9.92. The molecule has 0 aliphatic rings. The second kappa shape index (κ2) is 4.75. The molecule has 0 amide bonds. The van der Waals surface area contributed by atoms with E-state index in [9.17, 15) is 4.79 Å². The Morgan fingerprint density at radius 1 is 1.33 bits per heavy atom. The van der Waals surface area contributed by atoms with Crippen LogP contribution in [0.5, 0.6) is 0 Å². The summed E-state index contributed by atoms with van der Waals surface area (Å²) < 4.78 is 4.62. The zero-order chi connectivity index (χ0) is 10.5. The summed E-state index contributed by atoms with van der Waals surface area (Å²) in [6.45, 7) is 0. The highest BCUT2D eigenvalue weighted by Crippen LogP contribution is 2.21. The van der Waals surface area contributed by atoms with Crippen molar-refractivity contribution in [3.05, 3.63) is 42.0 Å². The number of carbonyl (C=O) groups is 1. The minimum atomic E-state index is 0.664. The molecule has 0 saturated heterocycles. The van der Waals surface area contributed by atoms with Crippen LogP contribution < -0.4 is 0 Å². The van der Waals surface area contributed by atoms with Gasteiger partial charge in [0.1, 0.15) is 6.29 Å². The number of hydrogen-bond acceptors (Lipinski definition) is 5. The van der Waals surface area contributed by atoms with Gasteiger partial charge in [0.25, 0.3) is 0 Å². The first-order chi connectivity index (χ1) is 7.38. The van der Waals surface area contributed by atoms with Gasteiger partial charge in [-0.25, -0.2) is 0 Å². The molecule has 1 aromatic heterocycles. The third-order valence-corrected chi connectivity index (χ3v) is 2.80. The van der Waals surface area contributed by atoms with Crippen LogP contribution in [0.3, 0.4) is 0 Å². The number of aldehydes is 1. The molecule has 0 N–H and O–H groups in total. The van der Waals surface area contributed by atoms with E-state index < -0.39 is 0 Å². The minimum absolute atomic E-state index is 0.664. The van der Waals surface area contributed by atoms with Crippen LogP contribution in [0.4, 0.5) is 0 Å². The molecule has 0 radical (unpaired) electrons. The van der Waals surface area contributed by atoms with Crippen LogP contribution in [0, 0.1) is 0 Å². The van der Waals surface area contributed by atoms with Gasteiger partial charge in [0, 0.05) is 10.5 Å². The van der Waals surface area contributed by atoms with Crippen molar-refractivity contribution < 1.29 is 9.32 Å². The third-order valence-electron chi connectivity index (χ3n) is 1.79. The van der Waals surface area contributed by atoms with E-state index in [1.165, 1.54) is 6.39 Å². The SMILES string of the molecule is O=Cc1ccc(SCc2ncon2)cc1. The zero-order valence-electron chi connectivity index (χ0n) is 7.79. The van der Waals surface area contributed by atoms with Crippen LogP contribution in [0.25, 0.3) is 0 Å². The van der Waals surface area contributed by atoms with Crippen molar-refractivity contribution in [2.45, 2.75) is 10.6 Å². The lowest BCUT2D eigenvalue weighted by Gasteiger charge is -1.97. The number of hydrogen-bond donors (Lipinski definition) is 0. The highest BCUT2D eigenvalue weighted by Gasteiger charge is 2.00. The van der Waals surface area contributed by atoms with Crippen LogP contribution >= 0.6 is 11.8 Å². The van der Waals surface area contributed by atoms with E-state index in [-0.39, 0.29) is 0 Å². The Kier molecular flexibility index (Phi) is 3.14. The van der Waals surface area contributed by atoms with Crippen molar-refractivity contribution in [1.82, 2.24) is 10.1 Å². The summed E-state index contributed by atoms with van der Waals surface area (Å²) in [4.78, 5) is 15.4. The van der Waals surface area contributed by atoms with Gasteiger partial charge in [0.15, 0.2) is 5.82 Å². The Hall–Kier alpha value is -1.62. The lowest BCUT2D eigenvalue weighted by molar-refractivity contribution is 0.112. The highest BCUT2D eigenvalue weighted by atomic mass is 32.2. The third kappa shape index (κ3) is 2.66. The van der Waals surface area contributed by atoms with Gasteiger partial charge >= 0.3 is 0 Å². The first-order valence-corrected chi connectivity index (χ1v) is 5.30. The molecular formula is C10H8N2O2S. The summed E-state index contributed by atoms with van der Waals surface area (Å²) in [5.41, 5.74) is 0.680. The van der Waals surface area contributed by atoms with E-state index in [1.807, 2.05) is 12.1 Å². The minimum Gasteiger partial charge on any atom is -0.343 e. The fraction of sp³-hybridized carbons (Fsp3) is 0.100. The topological polar surface area (TPSA) is 56.0 Å². The number of thioether (sulfide) groups is 1. The van der Waals surface area contributed by atoms with Crippen LogP contribution in [-0.4, -0.2) is 16.4 Å². The van der Waals surface area contributed by atoms with E-state index in [0.29, 0.717) is 17.1 Å². The molecular weight excluding hydrogens is 212 g/mol. The van der Waals surface area contributed by atoms with Gasteiger partial charge < -0.3 is 4.52 Å². The van der Waals surface area contributed by atoms with Gasteiger partial charge in [-0.3, -0.25) is 4.79 Å². The predicted octanol–water partition coefficient (Wildman–Crippen LogP) is 2.17. The summed E-state index contributed by atoms with van der Waals surface area (Å²) in [5.74, 6) is 1.33. The standard InChI is InChI=1S/C10H8N2O2S/c13-5-8-1-3-9(4-2-8)15-6-10-11-7-14-12-10/h1-5,7H,6H2. The highest BCUT2D eigenvalue weighted by molar-refractivity contribution is 7.98. The largest absolute Gasteiger partial charge is 0.343 e. The molecule has 15 heavy (non-hydrogen) atoms. The van der Waals surface area contributed by atoms with Crippen molar-refractivity contribution >= 4 is 18.0 Å². The lowest BCUT2D eigenvalue weighted by atomic mass is 10.2. The Morgan fingerprint density at radius 3 is 2.73 bits per heavy atom. The monoisotopic (exact) mass is 220 g/mol. The quantitative estimate of drug-likeness (QED) is 0.584. The molecule has 0 atom stereocenters. The summed E-state index contributed by atoms with van der Waals surface area (Å²) in [5, 5.41) is 3.70. The first-order valence-electron chi connectivity index (χ1n) is 4.32. The molecule has 0 saturated carbocycles. The molecule has 0 aliphatic carbocycles. The van der Waals surface area contributed by atoms with E-state index in [1.54, 1.807) is 23.9 Å². The second-order valence-electron chi connectivity index (χ2n) is 2.82. The second-order valence-corrected chi connectivity index (χ2v) is 3.87. The Bertz CT molecular complexity index is 425. The number of rotatable bonds is 4. The Balaban J connectivity index is 1.96. The molecule has 76 valence electrons. The summed E-state index contributed by atoms with van der Waals surface area (Å²) in [6, 6.07) is 7.36. The van der Waals surface area contributed by atoms with Crippen molar-refractivity contribution in [2.24, 2.45) is 0 Å². The molecule has 1 heterocycles. The van der Waals surface area contributed by atoms with Crippen molar-refractivity contribution in [1.29, 1.82) is 0 Å². The van der Waals surface area contributed by atoms with Crippen molar-refractivity contribution in [3.63, 3.8) is 0 Å². The average Bonchev–Trinajstić information content (AvgIpc) is 2.80. The molecule has 0 fully saturated rings. The Morgan fingerprint density at radius 2 is 2.13 bits per heavy atom. The van der Waals surface area contributed by atoms with E-state index in [2.05, 4.69) is 14.7 Å². The molecule has 5 heteroatoms. The number of aromatic nitrogens is 2. The smallest absolute Gasteiger partial charge is 0.213 e. The van der Waals surface area contributed by atoms with Gasteiger partial charge in [-0.1, -0.05) is 17.3 Å². The van der Waals surface area contributed by atoms with Crippen LogP contribution in [0.1, 0.15) is 16.2 Å². The number of nitrogens with zero attached hydrogens (tertiary/aromatic N) is 2. The normalized spacial score (nSPS) is 10.1. The summed E-state index contributed by atoms with van der Waals surface area (Å²) >= 11 is 1.60. The van der Waals surface area contributed by atoms with Gasteiger partial charge in [-0.2, -0.15) is 4.98 Å². The van der Waals surface area contributed by atoms with Gasteiger partial charge in [0.05, 0.1) is 5.75 Å². The molecule has 1 aromatic carbocycles. The molecule has 0 bridgehead atoms. The molecule has 2 aromatic rings. The van der Waals surface area contributed by atoms with Crippen LogP contribution in [0.2, 0.25) is 0 Å².